The molecule has 0 bridgehead atoms. The average Bonchev–Trinajstić information content (AvgIpc) is 2.87. The number of aromatic nitrogens is 1. The van der Waals surface area contributed by atoms with Crippen LogP contribution in [-0.2, 0) is 6.54 Å². The molecule has 0 unspecified atom stereocenters. The Bertz CT molecular complexity index is 638. The van der Waals surface area contributed by atoms with Gasteiger partial charge in [-0.1, -0.05) is 53.2 Å². The highest BCUT2D eigenvalue weighted by Gasteiger charge is 2.21. The lowest BCUT2D eigenvalue weighted by Crippen LogP contribution is -2.16. The van der Waals surface area contributed by atoms with Gasteiger partial charge in [-0.15, -0.1) is 0 Å². The zero-order chi connectivity index (χ0) is 15.6. The smallest absolute Gasteiger partial charge is 0.347 e. The number of halogens is 1. The van der Waals surface area contributed by atoms with Crippen molar-refractivity contribution >= 4 is 38.4 Å². The van der Waals surface area contributed by atoms with Crippen LogP contribution in [0.15, 0.2) is 28.7 Å². The minimum absolute atomic E-state index is 0.0992. The number of carboxylic acid groups (broad SMARTS) is 1. The van der Waals surface area contributed by atoms with Crippen LogP contribution < -0.4 is 4.90 Å². The lowest BCUT2D eigenvalue weighted by molar-refractivity contribution is 0.0700. The van der Waals surface area contributed by atoms with Gasteiger partial charge in [0.25, 0.3) is 0 Å². The van der Waals surface area contributed by atoms with Gasteiger partial charge in [-0.2, -0.15) is 0 Å². The fourth-order valence-electron chi connectivity index (χ4n) is 1.96. The first-order valence-corrected chi connectivity index (χ1v) is 8.19. The molecule has 1 aromatic carbocycles. The number of nitrogens with zero attached hydrogens (tertiary/aromatic N) is 2. The lowest BCUT2D eigenvalue weighted by Gasteiger charge is -2.15. The van der Waals surface area contributed by atoms with Crippen LogP contribution >= 0.6 is 27.3 Å². The van der Waals surface area contributed by atoms with E-state index in [4.69, 9.17) is 0 Å². The Morgan fingerprint density at radius 2 is 2.00 bits per heavy atom. The van der Waals surface area contributed by atoms with Crippen LogP contribution in [0.5, 0.6) is 0 Å². The molecule has 2 aromatic rings. The van der Waals surface area contributed by atoms with Gasteiger partial charge in [-0.05, 0) is 23.6 Å². The molecule has 0 radical (unpaired) electrons. The Labute approximate surface area is 136 Å². The SMILES string of the molecule is CC(C)c1nc(N(C)Cc2ccc(Br)cc2)sc1C(=O)O. The van der Waals surface area contributed by atoms with Crippen LogP contribution in [0.2, 0.25) is 0 Å². The lowest BCUT2D eigenvalue weighted by atomic mass is 10.1. The second kappa shape index (κ2) is 6.58. The third-order valence-electron chi connectivity index (χ3n) is 3.04. The summed E-state index contributed by atoms with van der Waals surface area (Å²) in [4.78, 5) is 18.1. The summed E-state index contributed by atoms with van der Waals surface area (Å²) < 4.78 is 1.04. The first kappa shape index (κ1) is 16.0. The number of carboxylic acids is 1. The van der Waals surface area contributed by atoms with Gasteiger partial charge in [0.2, 0.25) is 0 Å². The topological polar surface area (TPSA) is 53.4 Å². The molecule has 1 heterocycles. The van der Waals surface area contributed by atoms with E-state index in [0.717, 1.165) is 15.2 Å². The van der Waals surface area contributed by atoms with Crippen molar-refractivity contribution in [2.24, 2.45) is 0 Å². The second-order valence-corrected chi connectivity index (χ2v) is 7.05. The van der Waals surface area contributed by atoms with Crippen LogP contribution in [0, 0.1) is 0 Å². The van der Waals surface area contributed by atoms with Crippen LogP contribution in [0.4, 0.5) is 5.13 Å². The number of aromatic carboxylic acids is 1. The quantitative estimate of drug-likeness (QED) is 0.851. The average molecular weight is 369 g/mol. The van der Waals surface area contributed by atoms with E-state index in [9.17, 15) is 9.90 Å². The van der Waals surface area contributed by atoms with E-state index < -0.39 is 5.97 Å². The number of hydrogen-bond donors (Lipinski definition) is 1. The molecule has 2 rings (SSSR count). The molecule has 0 aliphatic carbocycles. The van der Waals surface area contributed by atoms with E-state index in [0.29, 0.717) is 17.1 Å². The third-order valence-corrected chi connectivity index (χ3v) is 4.74. The van der Waals surface area contributed by atoms with Crippen LogP contribution in [0.3, 0.4) is 0 Å². The van der Waals surface area contributed by atoms with E-state index in [1.54, 1.807) is 0 Å². The maximum Gasteiger partial charge on any atom is 0.347 e. The van der Waals surface area contributed by atoms with Gasteiger partial charge in [-0.25, -0.2) is 9.78 Å². The van der Waals surface area contributed by atoms with Gasteiger partial charge in [0.15, 0.2) is 5.13 Å². The van der Waals surface area contributed by atoms with Gasteiger partial charge < -0.3 is 10.0 Å². The van der Waals surface area contributed by atoms with E-state index in [1.165, 1.54) is 11.3 Å². The largest absolute Gasteiger partial charge is 0.477 e. The predicted molar refractivity (Wildman–Crippen MR) is 89.4 cm³/mol. The van der Waals surface area contributed by atoms with E-state index in [-0.39, 0.29) is 5.92 Å². The van der Waals surface area contributed by atoms with Gasteiger partial charge in [0.1, 0.15) is 4.88 Å². The molecule has 6 heteroatoms. The monoisotopic (exact) mass is 368 g/mol. The minimum atomic E-state index is -0.903. The van der Waals surface area contributed by atoms with Crippen molar-refractivity contribution in [3.05, 3.63) is 44.9 Å². The highest BCUT2D eigenvalue weighted by Crippen LogP contribution is 2.31. The number of hydrogen-bond acceptors (Lipinski definition) is 4. The van der Waals surface area contributed by atoms with Crippen LogP contribution in [-0.4, -0.2) is 23.1 Å². The fourth-order valence-corrected chi connectivity index (χ4v) is 3.24. The number of anilines is 1. The first-order chi connectivity index (χ1) is 9.88. The number of carbonyl (C=O) groups is 1. The Morgan fingerprint density at radius 3 is 2.48 bits per heavy atom. The van der Waals surface area contributed by atoms with Crippen molar-refractivity contribution in [2.75, 3.05) is 11.9 Å². The Kier molecular flexibility index (Phi) is 5.00. The summed E-state index contributed by atoms with van der Waals surface area (Å²) in [5.41, 5.74) is 1.81. The molecule has 112 valence electrons. The zero-order valence-electron chi connectivity index (χ0n) is 12.1. The molecule has 0 aliphatic rings. The van der Waals surface area contributed by atoms with E-state index in [1.807, 2.05) is 50.1 Å². The Balaban J connectivity index is 2.23. The van der Waals surface area contributed by atoms with Crippen molar-refractivity contribution in [1.82, 2.24) is 4.98 Å². The predicted octanol–water partition coefficient (Wildman–Crippen LogP) is 4.36. The molecule has 0 saturated heterocycles. The summed E-state index contributed by atoms with van der Waals surface area (Å²) in [5.74, 6) is -0.804. The number of thiazole rings is 1. The van der Waals surface area contributed by atoms with E-state index in [2.05, 4.69) is 20.9 Å². The summed E-state index contributed by atoms with van der Waals surface area (Å²) in [6, 6.07) is 8.06. The maximum atomic E-state index is 11.3. The standard InChI is InChI=1S/C15H17BrN2O2S/c1-9(2)12-13(14(19)20)21-15(17-12)18(3)8-10-4-6-11(16)7-5-10/h4-7,9H,8H2,1-3H3,(H,19,20). The highest BCUT2D eigenvalue weighted by atomic mass is 79.9. The molecule has 0 aliphatic heterocycles. The Morgan fingerprint density at radius 1 is 1.38 bits per heavy atom. The molecule has 1 N–H and O–H groups in total. The van der Waals surface area contributed by atoms with Crippen molar-refractivity contribution < 1.29 is 9.90 Å². The summed E-state index contributed by atoms with van der Waals surface area (Å²) in [5, 5.41) is 10.0. The van der Waals surface area contributed by atoms with Gasteiger partial charge >= 0.3 is 5.97 Å². The molecular formula is C15H17BrN2O2S. The van der Waals surface area contributed by atoms with Crippen LogP contribution in [0.25, 0.3) is 0 Å². The molecule has 0 spiro atoms. The molecule has 4 nitrogen and oxygen atoms in total. The fraction of sp³-hybridized carbons (Fsp3) is 0.333. The van der Waals surface area contributed by atoms with Crippen LogP contribution in [0.1, 0.15) is 40.7 Å². The number of benzene rings is 1. The summed E-state index contributed by atoms with van der Waals surface area (Å²) in [7, 11) is 1.93. The van der Waals surface area contributed by atoms with Crippen molar-refractivity contribution in [2.45, 2.75) is 26.3 Å². The molecule has 0 saturated carbocycles. The second-order valence-electron chi connectivity index (χ2n) is 5.15. The van der Waals surface area contributed by atoms with E-state index >= 15 is 0 Å². The zero-order valence-corrected chi connectivity index (χ0v) is 14.5. The summed E-state index contributed by atoms with van der Waals surface area (Å²) in [6.45, 7) is 4.61. The van der Waals surface area contributed by atoms with Gasteiger partial charge in [0.05, 0.1) is 5.69 Å². The normalized spacial score (nSPS) is 10.9. The molecule has 21 heavy (non-hydrogen) atoms. The van der Waals surface area contributed by atoms with Crippen molar-refractivity contribution in [3.8, 4) is 0 Å². The first-order valence-electron chi connectivity index (χ1n) is 6.58. The summed E-state index contributed by atoms with van der Waals surface area (Å²) >= 11 is 4.64. The van der Waals surface area contributed by atoms with Gasteiger partial charge in [0, 0.05) is 18.1 Å². The Hall–Kier alpha value is -1.40. The van der Waals surface area contributed by atoms with Gasteiger partial charge in [-0.3, -0.25) is 0 Å². The molecule has 0 atom stereocenters. The number of rotatable bonds is 5. The summed E-state index contributed by atoms with van der Waals surface area (Å²) in [6.07, 6.45) is 0. The molecular weight excluding hydrogens is 352 g/mol. The highest BCUT2D eigenvalue weighted by molar-refractivity contribution is 9.10. The van der Waals surface area contributed by atoms with Crippen molar-refractivity contribution in [1.29, 1.82) is 0 Å². The maximum absolute atomic E-state index is 11.3. The third kappa shape index (κ3) is 3.83. The molecule has 1 aromatic heterocycles. The van der Waals surface area contributed by atoms with Crippen molar-refractivity contribution in [3.63, 3.8) is 0 Å². The molecule has 0 amide bonds. The molecule has 0 fully saturated rings. The minimum Gasteiger partial charge on any atom is -0.477 e.